The lowest BCUT2D eigenvalue weighted by Crippen LogP contribution is -2.28. The molecule has 0 radical (unpaired) electrons. The molecule has 1 saturated heterocycles. The van der Waals surface area contributed by atoms with E-state index in [0.717, 1.165) is 41.0 Å². The van der Waals surface area contributed by atoms with Crippen molar-refractivity contribution in [1.29, 1.82) is 0 Å². The molecular formula is C25H31N3O2. The van der Waals surface area contributed by atoms with Gasteiger partial charge in [-0.3, -0.25) is 9.36 Å². The van der Waals surface area contributed by atoms with Gasteiger partial charge >= 0.3 is 0 Å². The van der Waals surface area contributed by atoms with E-state index in [-0.39, 0.29) is 5.56 Å². The van der Waals surface area contributed by atoms with Crippen LogP contribution >= 0.6 is 0 Å². The van der Waals surface area contributed by atoms with E-state index in [2.05, 4.69) is 16.8 Å². The van der Waals surface area contributed by atoms with E-state index in [1.165, 1.54) is 19.4 Å². The number of aryl methyl sites for hydroxylation is 3. The summed E-state index contributed by atoms with van der Waals surface area (Å²) in [5.74, 6) is 1.54. The first-order valence-electron chi connectivity index (χ1n) is 10.9. The maximum Gasteiger partial charge on any atom is 0.265 e. The number of rotatable bonds is 6. The number of aromatic nitrogens is 2. The summed E-state index contributed by atoms with van der Waals surface area (Å²) < 4.78 is 7.69. The van der Waals surface area contributed by atoms with E-state index < -0.39 is 0 Å². The van der Waals surface area contributed by atoms with E-state index in [4.69, 9.17) is 4.74 Å². The van der Waals surface area contributed by atoms with Gasteiger partial charge in [0.05, 0.1) is 23.2 Å². The molecule has 0 aliphatic carbocycles. The zero-order chi connectivity index (χ0) is 21.3. The molecule has 4 rings (SSSR count). The topological polar surface area (TPSA) is 47.4 Å². The van der Waals surface area contributed by atoms with Gasteiger partial charge in [0.15, 0.2) is 0 Å². The molecule has 1 atom stereocenters. The highest BCUT2D eigenvalue weighted by Crippen LogP contribution is 2.22. The van der Waals surface area contributed by atoms with Crippen LogP contribution in [0.2, 0.25) is 0 Å². The third-order valence-electron chi connectivity index (χ3n) is 6.15. The number of benzene rings is 2. The van der Waals surface area contributed by atoms with Crippen LogP contribution in [0, 0.1) is 20.8 Å². The molecule has 1 aliphatic heterocycles. The fourth-order valence-corrected chi connectivity index (χ4v) is 4.45. The van der Waals surface area contributed by atoms with Crippen LogP contribution < -0.4 is 10.3 Å². The molecule has 0 N–H and O–H groups in total. The highest BCUT2D eigenvalue weighted by molar-refractivity contribution is 5.78. The van der Waals surface area contributed by atoms with Crippen LogP contribution in [-0.2, 0) is 0 Å². The van der Waals surface area contributed by atoms with Crippen molar-refractivity contribution in [2.45, 2.75) is 53.0 Å². The summed E-state index contributed by atoms with van der Waals surface area (Å²) in [6, 6.07) is 12.4. The minimum absolute atomic E-state index is 0.0299. The van der Waals surface area contributed by atoms with Crippen LogP contribution in [0.15, 0.2) is 41.2 Å². The average Bonchev–Trinajstić information content (AvgIpc) is 3.12. The third-order valence-corrected chi connectivity index (χ3v) is 6.15. The van der Waals surface area contributed by atoms with Gasteiger partial charge in [0.2, 0.25) is 0 Å². The fourth-order valence-electron chi connectivity index (χ4n) is 4.45. The standard InChI is InChI=1S/C25H31N3O2/c1-17-8-10-23-22(15-17)25(29)28(20(4)26-23)24-11-9-21(16-18(24)2)30-14-6-13-27-12-5-7-19(27)3/h8-11,15-16,19H,5-7,12-14H2,1-4H3. The Balaban J connectivity index is 1.51. The first kappa shape index (κ1) is 20.6. The molecule has 2 heterocycles. The summed E-state index contributed by atoms with van der Waals surface area (Å²) in [4.78, 5) is 20.4. The largest absolute Gasteiger partial charge is 0.494 e. The molecule has 1 aliphatic rings. The molecule has 2 aromatic carbocycles. The Morgan fingerprint density at radius 3 is 2.70 bits per heavy atom. The summed E-state index contributed by atoms with van der Waals surface area (Å²) >= 11 is 0. The molecule has 0 spiro atoms. The highest BCUT2D eigenvalue weighted by Gasteiger charge is 2.19. The van der Waals surface area contributed by atoms with Gasteiger partial charge in [-0.05, 0) is 89.4 Å². The fraction of sp³-hybridized carbons (Fsp3) is 0.440. The minimum Gasteiger partial charge on any atom is -0.494 e. The summed E-state index contributed by atoms with van der Waals surface area (Å²) in [6.07, 6.45) is 3.64. The molecule has 0 amide bonds. The van der Waals surface area contributed by atoms with E-state index in [1.54, 1.807) is 4.57 Å². The Hall–Kier alpha value is -2.66. The summed E-state index contributed by atoms with van der Waals surface area (Å²) in [6.45, 7) is 11.2. The predicted molar refractivity (Wildman–Crippen MR) is 122 cm³/mol. The van der Waals surface area contributed by atoms with E-state index in [0.29, 0.717) is 23.9 Å². The van der Waals surface area contributed by atoms with Crippen molar-refractivity contribution in [1.82, 2.24) is 14.5 Å². The second kappa shape index (κ2) is 8.60. The lowest BCUT2D eigenvalue weighted by molar-refractivity contribution is 0.230. The second-order valence-corrected chi connectivity index (χ2v) is 8.50. The number of hydrogen-bond donors (Lipinski definition) is 0. The smallest absolute Gasteiger partial charge is 0.265 e. The molecule has 0 saturated carbocycles. The van der Waals surface area contributed by atoms with Crippen molar-refractivity contribution in [3.63, 3.8) is 0 Å². The SMILES string of the molecule is Cc1ccc2nc(C)n(-c3ccc(OCCCN4CCCC4C)cc3C)c(=O)c2c1. The molecular weight excluding hydrogens is 374 g/mol. The van der Waals surface area contributed by atoms with E-state index in [9.17, 15) is 4.79 Å². The lowest BCUT2D eigenvalue weighted by Gasteiger charge is -2.20. The van der Waals surface area contributed by atoms with Gasteiger partial charge in [0.1, 0.15) is 11.6 Å². The van der Waals surface area contributed by atoms with Gasteiger partial charge in [0.25, 0.3) is 5.56 Å². The zero-order valence-corrected chi connectivity index (χ0v) is 18.4. The van der Waals surface area contributed by atoms with Crippen LogP contribution in [0.3, 0.4) is 0 Å². The normalized spacial score (nSPS) is 17.0. The van der Waals surface area contributed by atoms with Crippen molar-refractivity contribution in [3.05, 3.63) is 63.7 Å². The minimum atomic E-state index is -0.0299. The van der Waals surface area contributed by atoms with Crippen molar-refractivity contribution >= 4 is 10.9 Å². The summed E-state index contributed by atoms with van der Waals surface area (Å²) in [5, 5.41) is 0.650. The number of hydrogen-bond acceptors (Lipinski definition) is 4. The monoisotopic (exact) mass is 405 g/mol. The van der Waals surface area contributed by atoms with E-state index in [1.807, 2.05) is 57.2 Å². The maximum atomic E-state index is 13.2. The molecule has 1 aromatic heterocycles. The number of ether oxygens (including phenoxy) is 1. The van der Waals surface area contributed by atoms with Gasteiger partial charge < -0.3 is 9.64 Å². The first-order chi connectivity index (χ1) is 14.4. The van der Waals surface area contributed by atoms with Gasteiger partial charge in [-0.25, -0.2) is 4.98 Å². The molecule has 5 heteroatoms. The zero-order valence-electron chi connectivity index (χ0n) is 18.4. The number of likely N-dealkylation sites (tertiary alicyclic amines) is 1. The Labute approximate surface area is 178 Å². The summed E-state index contributed by atoms with van der Waals surface area (Å²) in [5.41, 5.74) is 3.62. The van der Waals surface area contributed by atoms with Crippen LogP contribution in [0.4, 0.5) is 0 Å². The molecule has 1 fully saturated rings. The van der Waals surface area contributed by atoms with Crippen molar-refractivity contribution < 1.29 is 4.74 Å². The molecule has 3 aromatic rings. The molecule has 5 nitrogen and oxygen atoms in total. The first-order valence-corrected chi connectivity index (χ1v) is 10.9. The van der Waals surface area contributed by atoms with Crippen molar-refractivity contribution in [3.8, 4) is 11.4 Å². The van der Waals surface area contributed by atoms with Crippen LogP contribution in [0.5, 0.6) is 5.75 Å². The summed E-state index contributed by atoms with van der Waals surface area (Å²) in [7, 11) is 0. The van der Waals surface area contributed by atoms with E-state index >= 15 is 0 Å². The van der Waals surface area contributed by atoms with Gasteiger partial charge in [0, 0.05) is 12.6 Å². The van der Waals surface area contributed by atoms with Gasteiger partial charge in [-0.2, -0.15) is 0 Å². The van der Waals surface area contributed by atoms with Gasteiger partial charge in [-0.15, -0.1) is 0 Å². The quantitative estimate of drug-likeness (QED) is 0.564. The Morgan fingerprint density at radius 2 is 1.97 bits per heavy atom. The predicted octanol–water partition coefficient (Wildman–Crippen LogP) is 4.56. The molecule has 158 valence electrons. The highest BCUT2D eigenvalue weighted by atomic mass is 16.5. The second-order valence-electron chi connectivity index (χ2n) is 8.50. The van der Waals surface area contributed by atoms with Gasteiger partial charge in [-0.1, -0.05) is 11.6 Å². The number of fused-ring (bicyclic) bond motifs is 1. The van der Waals surface area contributed by atoms with Crippen LogP contribution in [-0.4, -0.2) is 40.2 Å². The van der Waals surface area contributed by atoms with Crippen molar-refractivity contribution in [2.24, 2.45) is 0 Å². The Bertz CT molecular complexity index is 1120. The lowest BCUT2D eigenvalue weighted by atomic mass is 10.1. The Kier molecular flexibility index (Phi) is 5.91. The third kappa shape index (κ3) is 4.12. The Morgan fingerprint density at radius 1 is 1.13 bits per heavy atom. The maximum absolute atomic E-state index is 13.2. The molecule has 30 heavy (non-hydrogen) atoms. The molecule has 0 bridgehead atoms. The van der Waals surface area contributed by atoms with Crippen LogP contribution in [0.1, 0.15) is 43.1 Å². The van der Waals surface area contributed by atoms with Crippen molar-refractivity contribution in [2.75, 3.05) is 19.7 Å². The van der Waals surface area contributed by atoms with Crippen LogP contribution in [0.25, 0.3) is 16.6 Å². The number of nitrogens with zero attached hydrogens (tertiary/aromatic N) is 3. The molecule has 1 unspecified atom stereocenters. The average molecular weight is 406 g/mol.